The number of nitrogens with zero attached hydrogens (tertiary/aromatic N) is 3. The minimum atomic E-state index is -0.0201. The lowest BCUT2D eigenvalue weighted by Gasteiger charge is -2.16. The topological polar surface area (TPSA) is 78.9 Å². The molecule has 0 aliphatic carbocycles. The highest BCUT2D eigenvalue weighted by atomic mass is 16.5. The molecule has 0 atom stereocenters. The second-order valence-electron chi connectivity index (χ2n) is 6.61. The summed E-state index contributed by atoms with van der Waals surface area (Å²) in [6.45, 7) is 4.19. The molecule has 0 aliphatic rings. The van der Waals surface area contributed by atoms with E-state index in [-0.39, 0.29) is 12.5 Å². The molecule has 0 spiro atoms. The number of carbonyl (C=O) groups excluding carboxylic acids is 1. The number of hydrogen-bond donors (Lipinski definition) is 2. The molecule has 1 aromatic carbocycles. The highest BCUT2D eigenvalue weighted by molar-refractivity contribution is 5.84. The maximum Gasteiger partial charge on any atom is 0.244 e. The zero-order chi connectivity index (χ0) is 20.9. The van der Waals surface area contributed by atoms with Crippen LogP contribution in [0.3, 0.4) is 0 Å². The first kappa shape index (κ1) is 22.2. The predicted octanol–water partition coefficient (Wildman–Crippen LogP) is 1.89. The summed E-state index contributed by atoms with van der Waals surface area (Å²) in [5.74, 6) is 1.48. The van der Waals surface area contributed by atoms with Crippen molar-refractivity contribution < 1.29 is 9.53 Å². The Labute approximate surface area is 173 Å². The standard InChI is InChI=1S/C22H31N5O2/c1-4-23-22(25-15-12-18-8-10-20(29-3)11-9-18)26-17-21(28)27(2)16-13-19-7-5-6-14-24-19/h5-11,14H,4,12-13,15-17H2,1-3H3,(H2,23,25,26). The van der Waals surface area contributed by atoms with Crippen LogP contribution in [0.1, 0.15) is 18.2 Å². The molecule has 0 saturated heterocycles. The van der Waals surface area contributed by atoms with E-state index in [0.29, 0.717) is 12.5 Å². The third-order valence-corrected chi connectivity index (χ3v) is 4.44. The quantitative estimate of drug-likeness (QED) is 0.473. The van der Waals surface area contributed by atoms with Gasteiger partial charge in [-0.25, -0.2) is 4.99 Å². The predicted molar refractivity (Wildman–Crippen MR) is 116 cm³/mol. The lowest BCUT2D eigenvalue weighted by molar-refractivity contribution is -0.128. The van der Waals surface area contributed by atoms with Gasteiger partial charge in [-0.15, -0.1) is 0 Å². The minimum Gasteiger partial charge on any atom is -0.497 e. The van der Waals surface area contributed by atoms with Crippen LogP contribution < -0.4 is 15.4 Å². The molecule has 0 aliphatic heterocycles. The Morgan fingerprint density at radius 2 is 1.93 bits per heavy atom. The molecule has 0 bridgehead atoms. The van der Waals surface area contributed by atoms with Crippen LogP contribution in [0.25, 0.3) is 0 Å². The molecule has 2 rings (SSSR count). The smallest absolute Gasteiger partial charge is 0.244 e. The average molecular weight is 398 g/mol. The van der Waals surface area contributed by atoms with E-state index in [2.05, 4.69) is 20.6 Å². The van der Waals surface area contributed by atoms with Crippen molar-refractivity contribution in [1.82, 2.24) is 20.5 Å². The summed E-state index contributed by atoms with van der Waals surface area (Å²) in [4.78, 5) is 22.8. The first-order chi connectivity index (χ1) is 14.1. The van der Waals surface area contributed by atoms with Gasteiger partial charge in [0.2, 0.25) is 5.91 Å². The van der Waals surface area contributed by atoms with Gasteiger partial charge in [-0.3, -0.25) is 9.78 Å². The minimum absolute atomic E-state index is 0.0201. The number of aliphatic imine (C=N–C) groups is 1. The number of hydrogen-bond acceptors (Lipinski definition) is 4. The maximum atomic E-state index is 12.4. The summed E-state index contributed by atoms with van der Waals surface area (Å²) in [6.07, 6.45) is 3.35. The largest absolute Gasteiger partial charge is 0.497 e. The fourth-order valence-electron chi connectivity index (χ4n) is 2.68. The number of ether oxygens (including phenoxy) is 1. The summed E-state index contributed by atoms with van der Waals surface area (Å²) in [5.41, 5.74) is 2.18. The summed E-state index contributed by atoms with van der Waals surface area (Å²) >= 11 is 0. The number of amides is 1. The molecule has 1 amide bonds. The van der Waals surface area contributed by atoms with Gasteiger partial charge < -0.3 is 20.3 Å². The van der Waals surface area contributed by atoms with Gasteiger partial charge in [-0.2, -0.15) is 0 Å². The van der Waals surface area contributed by atoms with Crippen molar-refractivity contribution in [1.29, 1.82) is 0 Å². The average Bonchev–Trinajstić information content (AvgIpc) is 2.76. The van der Waals surface area contributed by atoms with Gasteiger partial charge in [-0.1, -0.05) is 18.2 Å². The fraction of sp³-hybridized carbons (Fsp3) is 0.409. The van der Waals surface area contributed by atoms with Gasteiger partial charge in [0.15, 0.2) is 5.96 Å². The van der Waals surface area contributed by atoms with Crippen molar-refractivity contribution in [2.75, 3.05) is 40.3 Å². The van der Waals surface area contributed by atoms with E-state index in [4.69, 9.17) is 4.74 Å². The van der Waals surface area contributed by atoms with Crippen molar-refractivity contribution in [2.45, 2.75) is 19.8 Å². The number of nitrogens with one attached hydrogen (secondary N) is 2. The molecule has 1 aromatic heterocycles. The Bertz CT molecular complexity index is 763. The number of rotatable bonds is 10. The second kappa shape index (κ2) is 12.4. The van der Waals surface area contributed by atoms with Gasteiger partial charge in [0.25, 0.3) is 0 Å². The first-order valence-corrected chi connectivity index (χ1v) is 9.91. The summed E-state index contributed by atoms with van der Waals surface area (Å²) in [7, 11) is 3.46. The molecule has 2 N–H and O–H groups in total. The Kier molecular flexibility index (Phi) is 9.48. The number of carbonyl (C=O) groups is 1. The first-order valence-electron chi connectivity index (χ1n) is 9.91. The molecule has 0 fully saturated rings. The number of guanidine groups is 1. The van der Waals surface area contributed by atoms with Crippen LogP contribution in [-0.2, 0) is 17.6 Å². The molecule has 0 unspecified atom stereocenters. The van der Waals surface area contributed by atoms with Gasteiger partial charge in [0, 0.05) is 45.0 Å². The van der Waals surface area contributed by atoms with Crippen molar-refractivity contribution in [2.24, 2.45) is 4.99 Å². The van der Waals surface area contributed by atoms with Gasteiger partial charge >= 0.3 is 0 Å². The van der Waals surface area contributed by atoms with Crippen LogP contribution in [0, 0.1) is 0 Å². The van der Waals surface area contributed by atoms with E-state index < -0.39 is 0 Å². The van der Waals surface area contributed by atoms with E-state index in [0.717, 1.165) is 37.4 Å². The van der Waals surface area contributed by atoms with E-state index in [9.17, 15) is 4.79 Å². The van der Waals surface area contributed by atoms with Crippen LogP contribution in [-0.4, -0.2) is 62.1 Å². The molecule has 156 valence electrons. The monoisotopic (exact) mass is 397 g/mol. The number of benzene rings is 1. The molecule has 29 heavy (non-hydrogen) atoms. The molecule has 2 aromatic rings. The number of methoxy groups -OCH3 is 1. The Balaban J connectivity index is 1.77. The lowest BCUT2D eigenvalue weighted by atomic mass is 10.1. The molecular formula is C22H31N5O2. The van der Waals surface area contributed by atoms with Gasteiger partial charge in [0.1, 0.15) is 12.3 Å². The van der Waals surface area contributed by atoms with Gasteiger partial charge in [-0.05, 0) is 43.2 Å². The van der Waals surface area contributed by atoms with Crippen molar-refractivity contribution in [3.05, 3.63) is 59.9 Å². The molecular weight excluding hydrogens is 366 g/mol. The molecule has 0 radical (unpaired) electrons. The molecule has 7 heteroatoms. The van der Waals surface area contributed by atoms with Crippen LogP contribution in [0.2, 0.25) is 0 Å². The second-order valence-corrected chi connectivity index (χ2v) is 6.61. The van der Waals surface area contributed by atoms with Gasteiger partial charge in [0.05, 0.1) is 7.11 Å². The van der Waals surface area contributed by atoms with E-state index in [1.165, 1.54) is 5.56 Å². The molecule has 0 saturated carbocycles. The Hall–Kier alpha value is -3.09. The maximum absolute atomic E-state index is 12.4. The molecule has 7 nitrogen and oxygen atoms in total. The van der Waals surface area contributed by atoms with Crippen molar-refractivity contribution in [3.63, 3.8) is 0 Å². The van der Waals surface area contributed by atoms with E-state index in [1.807, 2.05) is 49.4 Å². The van der Waals surface area contributed by atoms with Crippen LogP contribution >= 0.6 is 0 Å². The van der Waals surface area contributed by atoms with Crippen LogP contribution in [0.5, 0.6) is 5.75 Å². The SMILES string of the molecule is CCNC(=NCC(=O)N(C)CCc1ccccn1)NCCc1ccc(OC)cc1. The normalized spacial score (nSPS) is 11.1. The summed E-state index contributed by atoms with van der Waals surface area (Å²) in [6, 6.07) is 13.8. The summed E-state index contributed by atoms with van der Waals surface area (Å²) < 4.78 is 5.18. The zero-order valence-electron chi connectivity index (χ0n) is 17.5. The highest BCUT2D eigenvalue weighted by Crippen LogP contribution is 2.11. The Morgan fingerprint density at radius 3 is 2.59 bits per heavy atom. The van der Waals surface area contributed by atoms with Crippen LogP contribution in [0.15, 0.2) is 53.7 Å². The summed E-state index contributed by atoms with van der Waals surface area (Å²) in [5, 5.41) is 6.45. The third-order valence-electron chi connectivity index (χ3n) is 4.44. The van der Waals surface area contributed by atoms with Crippen molar-refractivity contribution in [3.8, 4) is 5.75 Å². The molecule has 1 heterocycles. The fourth-order valence-corrected chi connectivity index (χ4v) is 2.68. The lowest BCUT2D eigenvalue weighted by Crippen LogP contribution is -2.39. The zero-order valence-corrected chi connectivity index (χ0v) is 17.5. The number of likely N-dealkylation sites (N-methyl/N-ethyl adjacent to an activating group) is 1. The number of aromatic nitrogens is 1. The Morgan fingerprint density at radius 1 is 1.14 bits per heavy atom. The van der Waals surface area contributed by atoms with E-state index in [1.54, 1.807) is 25.3 Å². The van der Waals surface area contributed by atoms with Crippen molar-refractivity contribution >= 4 is 11.9 Å². The number of pyridine rings is 1. The van der Waals surface area contributed by atoms with E-state index >= 15 is 0 Å². The van der Waals surface area contributed by atoms with Crippen LogP contribution in [0.4, 0.5) is 0 Å². The third kappa shape index (κ3) is 8.21. The highest BCUT2D eigenvalue weighted by Gasteiger charge is 2.09.